The number of carbonyl (C=O) groups is 3. The second kappa shape index (κ2) is 7.35. The number of hydrogen-bond acceptors (Lipinski definition) is 5. The van der Waals surface area contributed by atoms with Gasteiger partial charge in [0.25, 0.3) is 0 Å². The Morgan fingerprint density at radius 2 is 1.91 bits per heavy atom. The van der Waals surface area contributed by atoms with Gasteiger partial charge in [0.2, 0.25) is 5.60 Å². The zero-order chi connectivity index (χ0) is 24.7. The minimum atomic E-state index is -2.39. The van der Waals surface area contributed by atoms with Crippen molar-refractivity contribution in [2.24, 2.45) is 28.6 Å². The molecule has 0 bridgehead atoms. The molecule has 9 atom stereocenters. The van der Waals surface area contributed by atoms with E-state index in [-0.39, 0.29) is 36.3 Å². The SMILES string of the molecule is CCC(=O)O[C@]1(C(=O)O)[C@H](C)C[C@H]2[C@@H]3C[C@H](F)C4=C(Cl)C(=O)C=C[C@]4(C)[C@@]3(F)[C@@H](O)C[C@@]21C. The number of allylic oxidation sites excluding steroid dienone is 4. The summed E-state index contributed by atoms with van der Waals surface area (Å²) in [5, 5.41) is 21.2. The van der Waals surface area contributed by atoms with Gasteiger partial charge in [-0.25, -0.2) is 13.6 Å². The van der Waals surface area contributed by atoms with Gasteiger partial charge in [0.1, 0.15) is 6.17 Å². The van der Waals surface area contributed by atoms with Crippen LogP contribution >= 0.6 is 11.6 Å². The zero-order valence-corrected chi connectivity index (χ0v) is 19.8. The predicted octanol–water partition coefficient (Wildman–Crippen LogP) is 3.89. The number of alkyl halides is 2. The number of ether oxygens (including phenoxy) is 1. The Morgan fingerprint density at radius 1 is 1.27 bits per heavy atom. The smallest absolute Gasteiger partial charge is 0.349 e. The lowest BCUT2D eigenvalue weighted by Crippen LogP contribution is -2.71. The molecule has 0 aromatic carbocycles. The van der Waals surface area contributed by atoms with E-state index >= 15 is 8.78 Å². The number of carboxylic acids is 1. The molecule has 6 nitrogen and oxygen atoms in total. The Kier molecular flexibility index (Phi) is 5.42. The molecular formula is C24H29ClF2O6. The van der Waals surface area contributed by atoms with Crippen LogP contribution in [0.25, 0.3) is 0 Å². The van der Waals surface area contributed by atoms with E-state index in [0.717, 1.165) is 6.08 Å². The lowest BCUT2D eigenvalue weighted by Gasteiger charge is -2.63. The number of aliphatic carboxylic acids is 1. The summed E-state index contributed by atoms with van der Waals surface area (Å²) in [5.74, 6) is -5.14. The number of hydrogen-bond donors (Lipinski definition) is 2. The van der Waals surface area contributed by atoms with Crippen LogP contribution in [-0.4, -0.2) is 51.5 Å². The summed E-state index contributed by atoms with van der Waals surface area (Å²) in [4.78, 5) is 37.0. The molecule has 0 amide bonds. The van der Waals surface area contributed by atoms with Gasteiger partial charge >= 0.3 is 11.9 Å². The van der Waals surface area contributed by atoms with Crippen LogP contribution < -0.4 is 0 Å². The molecule has 4 rings (SSSR count). The number of halogens is 3. The summed E-state index contributed by atoms with van der Waals surface area (Å²) in [7, 11) is 0. The summed E-state index contributed by atoms with van der Waals surface area (Å²) < 4.78 is 38.4. The average Bonchev–Trinajstić information content (AvgIpc) is 2.95. The van der Waals surface area contributed by atoms with Gasteiger partial charge in [-0.3, -0.25) is 9.59 Å². The van der Waals surface area contributed by atoms with Crippen molar-refractivity contribution < 1.29 is 38.1 Å². The maximum Gasteiger partial charge on any atom is 0.349 e. The monoisotopic (exact) mass is 486 g/mol. The van der Waals surface area contributed by atoms with Crippen molar-refractivity contribution in [3.63, 3.8) is 0 Å². The molecule has 0 saturated heterocycles. The molecule has 0 heterocycles. The van der Waals surface area contributed by atoms with Crippen LogP contribution in [0.1, 0.15) is 53.4 Å². The van der Waals surface area contributed by atoms with E-state index in [1.165, 1.54) is 13.0 Å². The number of esters is 1. The average molecular weight is 487 g/mol. The highest BCUT2D eigenvalue weighted by atomic mass is 35.5. The summed E-state index contributed by atoms with van der Waals surface area (Å²) >= 11 is 6.14. The lowest BCUT2D eigenvalue weighted by molar-refractivity contribution is -0.237. The molecule has 2 N–H and O–H groups in total. The van der Waals surface area contributed by atoms with Gasteiger partial charge in [0, 0.05) is 29.1 Å². The van der Waals surface area contributed by atoms with Crippen molar-refractivity contribution in [2.45, 2.75) is 76.9 Å². The Labute approximate surface area is 196 Å². The van der Waals surface area contributed by atoms with Crippen LogP contribution in [-0.2, 0) is 19.1 Å². The highest BCUT2D eigenvalue weighted by Gasteiger charge is 2.78. The highest BCUT2D eigenvalue weighted by molar-refractivity contribution is 6.45. The Bertz CT molecular complexity index is 995. The lowest BCUT2D eigenvalue weighted by atomic mass is 9.44. The normalized spacial score (nSPS) is 48.7. The summed E-state index contributed by atoms with van der Waals surface area (Å²) in [6, 6.07) is 0. The molecule has 0 radical (unpaired) electrons. The Hall–Kier alpha value is -1.80. The van der Waals surface area contributed by atoms with Crippen molar-refractivity contribution in [3.8, 4) is 0 Å². The standard InChI is InChI=1S/C24H29ClF2O6/c1-5-17(30)33-24(20(31)32)11(2)8-12-13-9-14(26)18-19(25)15(28)6-7-21(18,3)23(13,27)16(29)10-22(12,24)4/h6-7,11-14,16,29H,5,8-10H2,1-4H3,(H,31,32)/t11-,12+,13+,14+,16+,21+,22+,23+,24+/m1/s1. The van der Waals surface area contributed by atoms with Gasteiger partial charge in [-0.15, -0.1) is 0 Å². The van der Waals surface area contributed by atoms with Crippen LogP contribution in [0.3, 0.4) is 0 Å². The van der Waals surface area contributed by atoms with Crippen LogP contribution in [0.5, 0.6) is 0 Å². The third kappa shape index (κ3) is 2.71. The van der Waals surface area contributed by atoms with Crippen LogP contribution in [0.15, 0.2) is 22.8 Å². The molecule has 0 aliphatic heterocycles. The molecule has 182 valence electrons. The van der Waals surface area contributed by atoms with Gasteiger partial charge in [-0.1, -0.05) is 38.4 Å². The van der Waals surface area contributed by atoms with Crippen LogP contribution in [0, 0.1) is 28.6 Å². The molecule has 3 saturated carbocycles. The van der Waals surface area contributed by atoms with Crippen molar-refractivity contribution in [2.75, 3.05) is 0 Å². The molecule has 0 aromatic rings. The number of fused-ring (bicyclic) bond motifs is 5. The van der Waals surface area contributed by atoms with Crippen molar-refractivity contribution in [3.05, 3.63) is 22.8 Å². The fourth-order valence-electron chi connectivity index (χ4n) is 7.59. The fraction of sp³-hybridized carbons (Fsp3) is 0.708. The molecule has 33 heavy (non-hydrogen) atoms. The first-order valence-corrected chi connectivity index (χ1v) is 11.7. The number of aliphatic hydroxyl groups is 1. The number of ketones is 1. The van der Waals surface area contributed by atoms with Crippen molar-refractivity contribution >= 4 is 29.3 Å². The second-order valence-electron chi connectivity index (χ2n) is 10.5. The summed E-state index contributed by atoms with van der Waals surface area (Å²) in [5.41, 5.74) is -7.57. The molecule has 4 aliphatic rings. The van der Waals surface area contributed by atoms with Gasteiger partial charge in [0.15, 0.2) is 11.5 Å². The Morgan fingerprint density at radius 3 is 2.48 bits per heavy atom. The fourth-order valence-corrected chi connectivity index (χ4v) is 7.96. The maximum absolute atomic E-state index is 17.2. The van der Waals surface area contributed by atoms with E-state index in [2.05, 4.69) is 0 Å². The summed E-state index contributed by atoms with van der Waals surface area (Å²) in [6.45, 7) is 6.20. The van der Waals surface area contributed by atoms with E-state index in [9.17, 15) is 24.6 Å². The van der Waals surface area contributed by atoms with E-state index < -0.39 is 69.9 Å². The van der Waals surface area contributed by atoms with E-state index in [1.807, 2.05) is 0 Å². The first-order chi connectivity index (χ1) is 15.2. The molecular weight excluding hydrogens is 458 g/mol. The van der Waals surface area contributed by atoms with Gasteiger partial charge in [-0.05, 0) is 43.8 Å². The van der Waals surface area contributed by atoms with E-state index in [0.29, 0.717) is 0 Å². The molecule has 0 unspecified atom stereocenters. The second-order valence-corrected chi connectivity index (χ2v) is 10.8. The molecule has 0 aromatic heterocycles. The zero-order valence-electron chi connectivity index (χ0n) is 19.0. The van der Waals surface area contributed by atoms with Gasteiger partial charge in [-0.2, -0.15) is 0 Å². The third-order valence-electron chi connectivity index (χ3n) is 9.13. The molecule has 0 spiro atoms. The number of rotatable bonds is 3. The molecule has 4 aliphatic carbocycles. The Balaban J connectivity index is 1.89. The maximum atomic E-state index is 17.2. The largest absolute Gasteiger partial charge is 0.478 e. The number of carboxylic acid groups (broad SMARTS) is 1. The van der Waals surface area contributed by atoms with Crippen molar-refractivity contribution in [1.82, 2.24) is 0 Å². The van der Waals surface area contributed by atoms with Gasteiger partial charge < -0.3 is 14.9 Å². The predicted molar refractivity (Wildman–Crippen MR) is 115 cm³/mol. The van der Waals surface area contributed by atoms with Crippen molar-refractivity contribution in [1.29, 1.82) is 0 Å². The highest BCUT2D eigenvalue weighted by Crippen LogP contribution is 2.72. The molecule has 9 heteroatoms. The summed E-state index contributed by atoms with van der Waals surface area (Å²) in [6.07, 6.45) is -1.60. The topological polar surface area (TPSA) is 101 Å². The number of aliphatic hydroxyl groups excluding tert-OH is 1. The van der Waals surface area contributed by atoms with Gasteiger partial charge in [0.05, 0.1) is 11.1 Å². The minimum absolute atomic E-state index is 0.0440. The van der Waals surface area contributed by atoms with Crippen LogP contribution in [0.4, 0.5) is 8.78 Å². The van der Waals surface area contributed by atoms with E-state index in [1.54, 1.807) is 20.8 Å². The van der Waals surface area contributed by atoms with Crippen LogP contribution in [0.2, 0.25) is 0 Å². The minimum Gasteiger partial charge on any atom is -0.478 e. The quantitative estimate of drug-likeness (QED) is 0.587. The first-order valence-electron chi connectivity index (χ1n) is 11.3. The molecule has 3 fully saturated rings. The number of carbonyl (C=O) groups excluding carboxylic acids is 2. The first kappa shape index (κ1) is 24.3. The third-order valence-corrected chi connectivity index (χ3v) is 9.52. The van der Waals surface area contributed by atoms with E-state index in [4.69, 9.17) is 16.3 Å².